The van der Waals surface area contributed by atoms with Gasteiger partial charge in [0.2, 0.25) is 5.91 Å². The summed E-state index contributed by atoms with van der Waals surface area (Å²) in [5, 5.41) is 16.2. The Hall–Kier alpha value is -2.18. The zero-order valence-corrected chi connectivity index (χ0v) is 13.6. The van der Waals surface area contributed by atoms with E-state index in [1.807, 2.05) is 0 Å². The van der Waals surface area contributed by atoms with Crippen LogP contribution in [0.5, 0.6) is 0 Å². The van der Waals surface area contributed by atoms with Gasteiger partial charge in [-0.1, -0.05) is 19.3 Å². The molecule has 126 valence electrons. The lowest BCUT2D eigenvalue weighted by Gasteiger charge is -2.20. The first-order valence-electron chi connectivity index (χ1n) is 8.25. The second-order valence-corrected chi connectivity index (χ2v) is 5.87. The number of amides is 2. The average molecular weight is 319 g/mol. The summed E-state index contributed by atoms with van der Waals surface area (Å²) in [5.74, 6) is 0.998. The minimum absolute atomic E-state index is 0.125. The largest absolute Gasteiger partial charge is 0.367 e. The number of carbonyl (C=O) groups is 2. The molecule has 1 aliphatic rings. The topological polar surface area (TPSA) is 96.0 Å². The van der Waals surface area contributed by atoms with Crippen LogP contribution < -0.4 is 16.0 Å². The fourth-order valence-electron chi connectivity index (χ4n) is 2.79. The third-order valence-corrected chi connectivity index (χ3v) is 4.08. The lowest BCUT2D eigenvalue weighted by Crippen LogP contribution is -2.30. The molecule has 2 rings (SSSR count). The molecule has 2 amide bonds. The monoisotopic (exact) mass is 319 g/mol. The van der Waals surface area contributed by atoms with E-state index in [9.17, 15) is 9.59 Å². The van der Waals surface area contributed by atoms with Crippen molar-refractivity contribution >= 4 is 17.6 Å². The number of nitrogens with zero attached hydrogens (tertiary/aromatic N) is 2. The summed E-state index contributed by atoms with van der Waals surface area (Å²) in [5.41, 5.74) is 0.277. The Morgan fingerprint density at radius 3 is 2.57 bits per heavy atom. The molecule has 1 heterocycles. The maximum atomic E-state index is 11.9. The number of aromatic nitrogens is 2. The van der Waals surface area contributed by atoms with Crippen LogP contribution in [-0.4, -0.2) is 42.1 Å². The van der Waals surface area contributed by atoms with Crippen molar-refractivity contribution in [3.63, 3.8) is 0 Å². The van der Waals surface area contributed by atoms with Crippen molar-refractivity contribution in [1.29, 1.82) is 0 Å². The smallest absolute Gasteiger partial charge is 0.271 e. The zero-order chi connectivity index (χ0) is 16.5. The number of carbonyl (C=O) groups excluding carboxylic acids is 2. The van der Waals surface area contributed by atoms with E-state index in [0.29, 0.717) is 31.2 Å². The molecule has 0 spiro atoms. The number of hydrogen-bond acceptors (Lipinski definition) is 5. The van der Waals surface area contributed by atoms with Gasteiger partial charge < -0.3 is 16.0 Å². The Balaban J connectivity index is 1.62. The molecule has 0 bridgehead atoms. The molecular formula is C16H25N5O2. The van der Waals surface area contributed by atoms with E-state index in [-0.39, 0.29) is 17.5 Å². The Morgan fingerprint density at radius 2 is 1.91 bits per heavy atom. The number of anilines is 1. The van der Waals surface area contributed by atoms with Gasteiger partial charge in [0, 0.05) is 26.6 Å². The molecule has 0 aromatic carbocycles. The van der Waals surface area contributed by atoms with Crippen molar-refractivity contribution in [3.8, 4) is 0 Å². The number of rotatable bonds is 7. The molecule has 23 heavy (non-hydrogen) atoms. The molecular weight excluding hydrogens is 294 g/mol. The van der Waals surface area contributed by atoms with Crippen molar-refractivity contribution in [3.05, 3.63) is 17.8 Å². The van der Waals surface area contributed by atoms with E-state index in [1.165, 1.54) is 32.1 Å². The van der Waals surface area contributed by atoms with Crippen molar-refractivity contribution in [2.75, 3.05) is 25.5 Å². The predicted octanol–water partition coefficient (Wildman–Crippen LogP) is 1.33. The molecule has 0 aliphatic heterocycles. The van der Waals surface area contributed by atoms with E-state index in [1.54, 1.807) is 19.2 Å². The third kappa shape index (κ3) is 5.84. The molecule has 1 saturated carbocycles. The molecule has 7 nitrogen and oxygen atoms in total. The van der Waals surface area contributed by atoms with Gasteiger partial charge in [0.1, 0.15) is 5.82 Å². The maximum absolute atomic E-state index is 11.9. The van der Waals surface area contributed by atoms with Gasteiger partial charge in [-0.05, 0) is 30.9 Å². The van der Waals surface area contributed by atoms with E-state index >= 15 is 0 Å². The zero-order valence-electron chi connectivity index (χ0n) is 13.6. The Bertz CT molecular complexity index is 512. The summed E-state index contributed by atoms with van der Waals surface area (Å²) in [6.07, 6.45) is 6.81. The van der Waals surface area contributed by atoms with E-state index in [2.05, 4.69) is 26.1 Å². The number of nitrogens with one attached hydrogen (secondary N) is 3. The molecule has 3 N–H and O–H groups in total. The van der Waals surface area contributed by atoms with E-state index < -0.39 is 0 Å². The van der Waals surface area contributed by atoms with Gasteiger partial charge in [0.05, 0.1) is 0 Å². The van der Waals surface area contributed by atoms with Crippen molar-refractivity contribution in [1.82, 2.24) is 20.8 Å². The molecule has 1 aromatic rings. The maximum Gasteiger partial charge on any atom is 0.271 e. The van der Waals surface area contributed by atoms with Crippen molar-refractivity contribution in [2.45, 2.75) is 38.5 Å². The summed E-state index contributed by atoms with van der Waals surface area (Å²) in [7, 11) is 1.55. The van der Waals surface area contributed by atoms with Gasteiger partial charge in [0.15, 0.2) is 5.69 Å². The standard InChI is InChI=1S/C16H25N5O2/c1-17-16(23)13-7-8-14(21-20-13)18-9-10-19-15(22)11-12-5-3-2-4-6-12/h7-8,12H,2-6,9-11H2,1H3,(H,17,23)(H,18,21)(H,19,22). The minimum atomic E-state index is -0.265. The molecule has 1 aliphatic carbocycles. The molecule has 0 saturated heterocycles. The number of hydrogen-bond donors (Lipinski definition) is 3. The fourth-order valence-corrected chi connectivity index (χ4v) is 2.79. The van der Waals surface area contributed by atoms with Crippen LogP contribution in [0.2, 0.25) is 0 Å². The first-order chi connectivity index (χ1) is 11.2. The predicted molar refractivity (Wildman–Crippen MR) is 88.1 cm³/mol. The van der Waals surface area contributed by atoms with Gasteiger partial charge in [-0.15, -0.1) is 10.2 Å². The highest BCUT2D eigenvalue weighted by atomic mass is 16.2. The fraction of sp³-hybridized carbons (Fsp3) is 0.625. The van der Waals surface area contributed by atoms with Crippen LogP contribution in [0.15, 0.2) is 12.1 Å². The van der Waals surface area contributed by atoms with E-state index in [0.717, 1.165) is 0 Å². The average Bonchev–Trinajstić information content (AvgIpc) is 2.59. The lowest BCUT2D eigenvalue weighted by molar-refractivity contribution is -0.122. The molecule has 0 atom stereocenters. The SMILES string of the molecule is CNC(=O)c1ccc(NCCNC(=O)CC2CCCCC2)nn1. The third-order valence-electron chi connectivity index (χ3n) is 4.08. The Morgan fingerprint density at radius 1 is 1.13 bits per heavy atom. The first kappa shape index (κ1) is 17.2. The molecule has 0 radical (unpaired) electrons. The second kappa shape index (κ2) is 9.07. The summed E-state index contributed by atoms with van der Waals surface area (Å²) in [6.45, 7) is 1.12. The van der Waals surface area contributed by atoms with Crippen LogP contribution in [-0.2, 0) is 4.79 Å². The van der Waals surface area contributed by atoms with Crippen LogP contribution >= 0.6 is 0 Å². The van der Waals surface area contributed by atoms with Crippen LogP contribution in [0.1, 0.15) is 49.0 Å². The summed E-state index contributed by atoms with van der Waals surface area (Å²) in [4.78, 5) is 23.2. The van der Waals surface area contributed by atoms with Gasteiger partial charge in [-0.3, -0.25) is 9.59 Å². The summed E-state index contributed by atoms with van der Waals surface area (Å²) >= 11 is 0. The molecule has 1 aromatic heterocycles. The second-order valence-electron chi connectivity index (χ2n) is 5.87. The van der Waals surface area contributed by atoms with Gasteiger partial charge in [-0.25, -0.2) is 0 Å². The molecule has 1 fully saturated rings. The Labute approximate surface area is 136 Å². The van der Waals surface area contributed by atoms with Crippen molar-refractivity contribution in [2.24, 2.45) is 5.92 Å². The quantitative estimate of drug-likeness (QED) is 0.659. The van der Waals surface area contributed by atoms with Gasteiger partial charge in [-0.2, -0.15) is 0 Å². The summed E-state index contributed by atoms with van der Waals surface area (Å²) < 4.78 is 0. The normalized spacial score (nSPS) is 15.0. The van der Waals surface area contributed by atoms with Gasteiger partial charge in [0.25, 0.3) is 5.91 Å². The Kier molecular flexibility index (Phi) is 6.77. The highest BCUT2D eigenvalue weighted by Crippen LogP contribution is 2.25. The lowest BCUT2D eigenvalue weighted by atomic mass is 9.87. The van der Waals surface area contributed by atoms with Gasteiger partial charge >= 0.3 is 0 Å². The summed E-state index contributed by atoms with van der Waals surface area (Å²) in [6, 6.07) is 3.30. The van der Waals surface area contributed by atoms with Crippen LogP contribution in [0.4, 0.5) is 5.82 Å². The molecule has 0 unspecified atom stereocenters. The highest BCUT2D eigenvalue weighted by molar-refractivity contribution is 5.91. The van der Waals surface area contributed by atoms with E-state index in [4.69, 9.17) is 0 Å². The van der Waals surface area contributed by atoms with Crippen molar-refractivity contribution < 1.29 is 9.59 Å². The van der Waals surface area contributed by atoms with Crippen LogP contribution in [0.25, 0.3) is 0 Å². The highest BCUT2D eigenvalue weighted by Gasteiger charge is 2.16. The first-order valence-corrected chi connectivity index (χ1v) is 8.25. The molecule has 7 heteroatoms. The van der Waals surface area contributed by atoms with Crippen LogP contribution in [0, 0.1) is 5.92 Å². The van der Waals surface area contributed by atoms with Crippen LogP contribution in [0.3, 0.4) is 0 Å². The minimum Gasteiger partial charge on any atom is -0.367 e.